The fourth-order valence-electron chi connectivity index (χ4n) is 1.89. The van der Waals surface area contributed by atoms with Crippen LogP contribution in [0.15, 0.2) is 0 Å². The van der Waals surface area contributed by atoms with E-state index in [0.717, 1.165) is 31.6 Å². The average molecular weight is 228 g/mol. The van der Waals surface area contributed by atoms with Crippen LogP contribution in [0.5, 0.6) is 0 Å². The van der Waals surface area contributed by atoms with Crippen molar-refractivity contribution in [2.45, 2.75) is 51.6 Å². The number of hydrogen-bond donors (Lipinski definition) is 3. The van der Waals surface area contributed by atoms with Gasteiger partial charge < -0.3 is 15.7 Å². The third kappa shape index (κ3) is 4.08. The quantitative estimate of drug-likeness (QED) is 0.682. The molecule has 1 aliphatic rings. The summed E-state index contributed by atoms with van der Waals surface area (Å²) < 4.78 is 0. The Labute approximate surface area is 95.6 Å². The molecule has 0 heterocycles. The van der Waals surface area contributed by atoms with Gasteiger partial charge in [-0.1, -0.05) is 6.92 Å². The van der Waals surface area contributed by atoms with E-state index < -0.39 is 12.0 Å². The van der Waals surface area contributed by atoms with E-state index in [0.29, 0.717) is 0 Å². The lowest BCUT2D eigenvalue weighted by Gasteiger charge is -2.27. The van der Waals surface area contributed by atoms with E-state index in [1.807, 2.05) is 0 Å². The summed E-state index contributed by atoms with van der Waals surface area (Å²) in [5.74, 6) is -0.286. The molecule has 0 aromatic rings. The summed E-state index contributed by atoms with van der Waals surface area (Å²) in [4.78, 5) is 21.9. The van der Waals surface area contributed by atoms with E-state index in [2.05, 4.69) is 17.6 Å². The molecule has 0 aromatic heterocycles. The van der Waals surface area contributed by atoms with Crippen LogP contribution < -0.4 is 10.6 Å². The zero-order valence-corrected chi connectivity index (χ0v) is 9.82. The Kier molecular flexibility index (Phi) is 4.58. The summed E-state index contributed by atoms with van der Waals surface area (Å²) in [5, 5.41) is 13.8. The van der Waals surface area contributed by atoms with Gasteiger partial charge in [0.15, 0.2) is 0 Å². The topological polar surface area (TPSA) is 78.4 Å². The molecule has 3 N–H and O–H groups in total. The molecule has 1 rings (SSSR count). The fourth-order valence-corrected chi connectivity index (χ4v) is 1.89. The van der Waals surface area contributed by atoms with Gasteiger partial charge in [0.2, 0.25) is 0 Å². The molecule has 1 fully saturated rings. The summed E-state index contributed by atoms with van der Waals surface area (Å²) in [6.07, 6.45) is 4.21. The van der Waals surface area contributed by atoms with Gasteiger partial charge in [0.1, 0.15) is 6.04 Å². The minimum atomic E-state index is -1.02. The molecule has 5 heteroatoms. The molecule has 0 aliphatic heterocycles. The molecule has 1 saturated carbocycles. The number of aliphatic carboxylic acids is 1. The second-order valence-electron chi connectivity index (χ2n) is 4.63. The van der Waals surface area contributed by atoms with Crippen molar-refractivity contribution in [3.05, 3.63) is 0 Å². The van der Waals surface area contributed by atoms with Crippen molar-refractivity contribution < 1.29 is 14.7 Å². The molecule has 0 spiro atoms. The molecule has 2 amide bonds. The molecule has 1 atom stereocenters. The smallest absolute Gasteiger partial charge is 0.325 e. The van der Waals surface area contributed by atoms with Gasteiger partial charge in [-0.15, -0.1) is 0 Å². The van der Waals surface area contributed by atoms with Gasteiger partial charge in [-0.05, 0) is 38.5 Å². The van der Waals surface area contributed by atoms with Crippen molar-refractivity contribution in [1.29, 1.82) is 0 Å². The maximum Gasteiger partial charge on any atom is 0.325 e. The Balaban J connectivity index is 2.26. The molecule has 0 radical (unpaired) electrons. The molecule has 5 nitrogen and oxygen atoms in total. The van der Waals surface area contributed by atoms with Crippen LogP contribution in [0, 0.1) is 5.92 Å². The predicted octanol–water partition coefficient (Wildman–Crippen LogP) is 1.34. The number of carboxylic acids is 1. The van der Waals surface area contributed by atoms with Crippen molar-refractivity contribution in [3.8, 4) is 0 Å². The van der Waals surface area contributed by atoms with Crippen LogP contribution in [0.2, 0.25) is 0 Å². The summed E-state index contributed by atoms with van der Waals surface area (Å²) >= 11 is 0. The van der Waals surface area contributed by atoms with E-state index in [1.165, 1.54) is 6.92 Å². The standard InChI is InChI=1S/C11H20N2O3/c1-7-3-5-9(6-4-7)13-11(16)12-8(2)10(14)15/h7-9H,3-6H2,1-2H3,(H,14,15)(H2,12,13,16)/t7?,8-,9?/m1/s1. The van der Waals surface area contributed by atoms with Gasteiger partial charge in [0.25, 0.3) is 0 Å². The minimum absolute atomic E-state index is 0.192. The number of nitrogens with one attached hydrogen (secondary N) is 2. The highest BCUT2D eigenvalue weighted by molar-refractivity contribution is 5.82. The van der Waals surface area contributed by atoms with Crippen LogP contribution in [0.3, 0.4) is 0 Å². The Morgan fingerprint density at radius 1 is 1.25 bits per heavy atom. The summed E-state index contributed by atoms with van der Waals surface area (Å²) in [6, 6.07) is -1.03. The summed E-state index contributed by atoms with van der Waals surface area (Å²) in [7, 11) is 0. The lowest BCUT2D eigenvalue weighted by molar-refractivity contribution is -0.138. The Bertz CT molecular complexity index is 260. The van der Waals surface area contributed by atoms with E-state index in [9.17, 15) is 9.59 Å². The second-order valence-corrected chi connectivity index (χ2v) is 4.63. The molecule has 92 valence electrons. The fraction of sp³-hybridized carbons (Fsp3) is 0.818. The largest absolute Gasteiger partial charge is 0.480 e. The van der Waals surface area contributed by atoms with Gasteiger partial charge in [-0.2, -0.15) is 0 Å². The van der Waals surface area contributed by atoms with E-state index in [4.69, 9.17) is 5.11 Å². The second kappa shape index (κ2) is 5.72. The first-order valence-corrected chi connectivity index (χ1v) is 5.79. The Hall–Kier alpha value is -1.26. The molecule has 0 unspecified atom stereocenters. The van der Waals surface area contributed by atoms with Crippen molar-refractivity contribution in [2.75, 3.05) is 0 Å². The van der Waals surface area contributed by atoms with E-state index in [1.54, 1.807) is 0 Å². The van der Waals surface area contributed by atoms with Crippen LogP contribution in [-0.2, 0) is 4.79 Å². The normalized spacial score (nSPS) is 26.9. The lowest BCUT2D eigenvalue weighted by atomic mass is 9.87. The van der Waals surface area contributed by atoms with E-state index >= 15 is 0 Å². The highest BCUT2D eigenvalue weighted by atomic mass is 16.4. The van der Waals surface area contributed by atoms with Gasteiger partial charge in [-0.25, -0.2) is 4.79 Å². The Morgan fingerprint density at radius 3 is 2.31 bits per heavy atom. The molecule has 1 aliphatic carbocycles. The van der Waals surface area contributed by atoms with Crippen LogP contribution in [-0.4, -0.2) is 29.2 Å². The number of carbonyl (C=O) groups is 2. The zero-order valence-electron chi connectivity index (χ0n) is 9.82. The number of rotatable bonds is 3. The molecular weight excluding hydrogens is 208 g/mol. The summed E-state index contributed by atoms with van der Waals surface area (Å²) in [6.45, 7) is 3.66. The van der Waals surface area contributed by atoms with Crippen LogP contribution in [0.1, 0.15) is 39.5 Å². The summed E-state index contributed by atoms with van der Waals surface area (Å²) in [5.41, 5.74) is 0. The van der Waals surface area contributed by atoms with Crippen molar-refractivity contribution >= 4 is 12.0 Å². The molecular formula is C11H20N2O3. The number of carbonyl (C=O) groups excluding carboxylic acids is 1. The van der Waals surface area contributed by atoms with Crippen molar-refractivity contribution in [3.63, 3.8) is 0 Å². The predicted molar refractivity (Wildman–Crippen MR) is 60.2 cm³/mol. The molecule has 0 aromatic carbocycles. The first kappa shape index (κ1) is 12.8. The average Bonchev–Trinajstić information content (AvgIpc) is 2.21. The van der Waals surface area contributed by atoms with Crippen LogP contribution in [0.4, 0.5) is 4.79 Å². The van der Waals surface area contributed by atoms with Crippen molar-refractivity contribution in [2.24, 2.45) is 5.92 Å². The monoisotopic (exact) mass is 228 g/mol. The lowest BCUT2D eigenvalue weighted by Crippen LogP contribution is -2.48. The van der Waals surface area contributed by atoms with Gasteiger partial charge in [0, 0.05) is 6.04 Å². The SMILES string of the molecule is CC1CCC(NC(=O)N[C@H](C)C(=O)O)CC1. The Morgan fingerprint density at radius 2 is 1.81 bits per heavy atom. The number of hydrogen-bond acceptors (Lipinski definition) is 2. The maximum absolute atomic E-state index is 11.4. The number of amides is 2. The first-order valence-electron chi connectivity index (χ1n) is 5.79. The van der Waals surface area contributed by atoms with Gasteiger partial charge in [-0.3, -0.25) is 4.79 Å². The van der Waals surface area contributed by atoms with E-state index in [-0.39, 0.29) is 12.1 Å². The number of urea groups is 1. The zero-order chi connectivity index (χ0) is 12.1. The molecule has 16 heavy (non-hydrogen) atoms. The highest BCUT2D eigenvalue weighted by Crippen LogP contribution is 2.23. The van der Waals surface area contributed by atoms with Crippen LogP contribution >= 0.6 is 0 Å². The maximum atomic E-state index is 11.4. The third-order valence-corrected chi connectivity index (χ3v) is 3.07. The minimum Gasteiger partial charge on any atom is -0.480 e. The van der Waals surface area contributed by atoms with Crippen molar-refractivity contribution in [1.82, 2.24) is 10.6 Å². The molecule has 0 saturated heterocycles. The third-order valence-electron chi connectivity index (χ3n) is 3.07. The van der Waals surface area contributed by atoms with Crippen LogP contribution in [0.25, 0.3) is 0 Å². The molecule has 0 bridgehead atoms. The van der Waals surface area contributed by atoms with Gasteiger partial charge in [0.05, 0.1) is 0 Å². The number of carboxylic acid groups (broad SMARTS) is 1. The first-order chi connectivity index (χ1) is 7.49. The highest BCUT2D eigenvalue weighted by Gasteiger charge is 2.21. The van der Waals surface area contributed by atoms with Gasteiger partial charge >= 0.3 is 12.0 Å².